The molecule has 0 bridgehead atoms. The van der Waals surface area contributed by atoms with Crippen molar-refractivity contribution in [3.8, 4) is 0 Å². The van der Waals surface area contributed by atoms with Crippen LogP contribution in [0.4, 0.5) is 10.1 Å². The van der Waals surface area contributed by atoms with E-state index in [0.29, 0.717) is 0 Å². The van der Waals surface area contributed by atoms with E-state index in [1.54, 1.807) is 0 Å². The van der Waals surface area contributed by atoms with Crippen LogP contribution in [0.2, 0.25) is 0 Å². The predicted molar refractivity (Wildman–Crippen MR) is 75.2 cm³/mol. The van der Waals surface area contributed by atoms with Crippen LogP contribution in [0.3, 0.4) is 0 Å². The van der Waals surface area contributed by atoms with Gasteiger partial charge in [-0.1, -0.05) is 0 Å². The van der Waals surface area contributed by atoms with Crippen LogP contribution < -0.4 is 10.5 Å². The fourth-order valence-corrected chi connectivity index (χ4v) is 2.72. The lowest BCUT2D eigenvalue weighted by Crippen LogP contribution is -2.31. The second-order valence-electron chi connectivity index (χ2n) is 4.08. The average molecular weight is 308 g/mol. The van der Waals surface area contributed by atoms with Gasteiger partial charge in [0.2, 0.25) is 10.0 Å². The zero-order valence-corrected chi connectivity index (χ0v) is 12.3. The fraction of sp³-hybridized carbons (Fsp3) is 0.455. The summed E-state index contributed by atoms with van der Waals surface area (Å²) in [5.41, 5.74) is 0.174. The highest BCUT2D eigenvalue weighted by atomic mass is 32.2. The van der Waals surface area contributed by atoms with Crippen LogP contribution in [0.5, 0.6) is 0 Å². The summed E-state index contributed by atoms with van der Waals surface area (Å²) in [4.78, 5) is -0.272. The van der Waals surface area contributed by atoms with Gasteiger partial charge in [0.25, 0.3) is 0 Å². The van der Waals surface area contributed by atoms with Gasteiger partial charge in [-0.2, -0.15) is 11.8 Å². The number of rotatable bonds is 6. The number of thioether (sulfide) groups is 1. The zero-order valence-electron chi connectivity index (χ0n) is 10.6. The Bertz CT molecular complexity index is 533. The molecule has 1 aromatic rings. The normalized spacial score (nSPS) is 15.0. The van der Waals surface area contributed by atoms with Gasteiger partial charge in [0.15, 0.2) is 0 Å². The first-order chi connectivity index (χ1) is 8.79. The van der Waals surface area contributed by atoms with Gasteiger partial charge in [-0.3, -0.25) is 0 Å². The van der Waals surface area contributed by atoms with E-state index in [1.165, 1.54) is 23.9 Å². The molecule has 1 aromatic carbocycles. The Morgan fingerprint density at radius 3 is 2.58 bits per heavy atom. The molecule has 0 fully saturated rings. The van der Waals surface area contributed by atoms with Crippen LogP contribution in [0, 0.1) is 5.82 Å². The number of anilines is 1. The molecule has 0 aromatic heterocycles. The molecule has 0 saturated carbocycles. The third kappa shape index (κ3) is 4.34. The molecule has 1 rings (SSSR count). The lowest BCUT2D eigenvalue weighted by molar-refractivity contribution is 0.288. The minimum Gasteiger partial charge on any atom is -0.395 e. The third-order valence-corrected chi connectivity index (χ3v) is 4.77. The molecular formula is C11H17FN2O3S2. The van der Waals surface area contributed by atoms with Gasteiger partial charge in [0.1, 0.15) is 5.82 Å². The highest BCUT2D eigenvalue weighted by Crippen LogP contribution is 2.21. The minimum atomic E-state index is -3.91. The molecule has 0 aliphatic carbocycles. The van der Waals surface area contributed by atoms with Crippen molar-refractivity contribution in [1.82, 2.24) is 0 Å². The Morgan fingerprint density at radius 1 is 1.53 bits per heavy atom. The molecule has 0 saturated heterocycles. The summed E-state index contributed by atoms with van der Waals surface area (Å²) in [5.74, 6) is -0.698. The molecule has 4 N–H and O–H groups in total. The topological polar surface area (TPSA) is 92.4 Å². The first-order valence-electron chi connectivity index (χ1n) is 5.52. The summed E-state index contributed by atoms with van der Waals surface area (Å²) in [6.45, 7) is 1.77. The molecule has 0 heterocycles. The summed E-state index contributed by atoms with van der Waals surface area (Å²) in [6.07, 6.45) is 1.85. The quantitative estimate of drug-likeness (QED) is 0.729. The molecule has 0 radical (unpaired) electrons. The summed E-state index contributed by atoms with van der Waals surface area (Å²) >= 11 is 1.46. The molecule has 8 heteroatoms. The number of nitrogens with two attached hydrogens (primary N) is 1. The number of nitrogens with one attached hydrogen (secondary N) is 1. The van der Waals surface area contributed by atoms with Crippen molar-refractivity contribution in [1.29, 1.82) is 0 Å². The van der Waals surface area contributed by atoms with E-state index < -0.39 is 15.8 Å². The van der Waals surface area contributed by atoms with Crippen LogP contribution in [0.15, 0.2) is 23.1 Å². The number of primary sulfonamides is 1. The van der Waals surface area contributed by atoms with Crippen LogP contribution in [-0.2, 0) is 10.0 Å². The molecule has 0 amide bonds. The number of hydrogen-bond acceptors (Lipinski definition) is 5. The van der Waals surface area contributed by atoms with Crippen LogP contribution in [0.25, 0.3) is 0 Å². The van der Waals surface area contributed by atoms with E-state index in [4.69, 9.17) is 10.2 Å². The minimum absolute atomic E-state index is 0.0355. The molecular weight excluding hydrogens is 291 g/mol. The first-order valence-corrected chi connectivity index (χ1v) is 8.35. The van der Waals surface area contributed by atoms with Gasteiger partial charge in [-0.05, 0) is 31.4 Å². The second kappa shape index (κ2) is 6.56. The largest absolute Gasteiger partial charge is 0.395 e. The fourth-order valence-electron chi connectivity index (χ4n) is 1.56. The van der Waals surface area contributed by atoms with E-state index in [0.717, 1.165) is 6.07 Å². The Balaban J connectivity index is 2.92. The van der Waals surface area contributed by atoms with Crippen molar-refractivity contribution in [2.45, 2.75) is 23.1 Å². The van der Waals surface area contributed by atoms with Crippen molar-refractivity contribution < 1.29 is 17.9 Å². The van der Waals surface area contributed by atoms with Crippen molar-refractivity contribution in [3.63, 3.8) is 0 Å². The van der Waals surface area contributed by atoms with Crippen LogP contribution in [-0.4, -0.2) is 37.7 Å². The highest BCUT2D eigenvalue weighted by Gasteiger charge is 2.17. The summed E-state index contributed by atoms with van der Waals surface area (Å²) in [6, 6.07) is 3.26. The summed E-state index contributed by atoms with van der Waals surface area (Å²) < 4.78 is 35.9. The number of sulfonamides is 1. The van der Waals surface area contributed by atoms with Gasteiger partial charge < -0.3 is 10.4 Å². The third-order valence-electron chi connectivity index (χ3n) is 2.69. The van der Waals surface area contributed by atoms with Gasteiger partial charge in [0, 0.05) is 11.3 Å². The van der Waals surface area contributed by atoms with Crippen molar-refractivity contribution in [2.24, 2.45) is 5.14 Å². The standard InChI is InChI=1S/C11H17FN2O3S2/c1-7(11(6-15)18-2)14-10-4-3-8(5-9(10)12)19(13,16)17/h3-5,7,11,14-15H,6H2,1-2H3,(H2,13,16,17). The molecule has 19 heavy (non-hydrogen) atoms. The van der Waals surface area contributed by atoms with Gasteiger partial charge in [0.05, 0.1) is 17.2 Å². The molecule has 2 atom stereocenters. The summed E-state index contributed by atoms with van der Waals surface area (Å²) in [5, 5.41) is 16.9. The average Bonchev–Trinajstić information content (AvgIpc) is 2.32. The SMILES string of the molecule is CSC(CO)C(C)Nc1ccc(S(N)(=O)=O)cc1F. The van der Waals surface area contributed by atoms with Crippen LogP contribution >= 0.6 is 11.8 Å². The highest BCUT2D eigenvalue weighted by molar-refractivity contribution is 7.99. The van der Waals surface area contributed by atoms with E-state index in [-0.39, 0.29) is 28.5 Å². The number of hydrogen-bond donors (Lipinski definition) is 3. The smallest absolute Gasteiger partial charge is 0.238 e. The monoisotopic (exact) mass is 308 g/mol. The molecule has 0 spiro atoms. The lowest BCUT2D eigenvalue weighted by atomic mass is 10.2. The maximum atomic E-state index is 13.8. The maximum absolute atomic E-state index is 13.8. The molecule has 0 aliphatic heterocycles. The Morgan fingerprint density at radius 2 is 2.16 bits per heavy atom. The predicted octanol–water partition coefficient (Wildman–Crippen LogP) is 0.997. The van der Waals surface area contributed by atoms with E-state index in [9.17, 15) is 12.8 Å². The van der Waals surface area contributed by atoms with E-state index in [2.05, 4.69) is 5.32 Å². The molecule has 2 unspecified atom stereocenters. The Labute approximate surface area is 116 Å². The molecule has 108 valence electrons. The first kappa shape index (κ1) is 16.2. The summed E-state index contributed by atoms with van der Waals surface area (Å²) in [7, 11) is -3.91. The molecule has 5 nitrogen and oxygen atoms in total. The Hall–Kier alpha value is -0.830. The zero-order chi connectivity index (χ0) is 14.6. The lowest BCUT2D eigenvalue weighted by Gasteiger charge is -2.22. The second-order valence-corrected chi connectivity index (χ2v) is 6.71. The van der Waals surface area contributed by atoms with Crippen molar-refractivity contribution >= 4 is 27.5 Å². The van der Waals surface area contributed by atoms with Gasteiger partial charge in [-0.25, -0.2) is 17.9 Å². The van der Waals surface area contributed by atoms with Crippen molar-refractivity contribution in [3.05, 3.63) is 24.0 Å². The number of halogens is 1. The maximum Gasteiger partial charge on any atom is 0.238 e. The number of aliphatic hydroxyl groups excluding tert-OH is 1. The van der Waals surface area contributed by atoms with E-state index in [1.807, 2.05) is 13.2 Å². The van der Waals surface area contributed by atoms with Crippen LogP contribution in [0.1, 0.15) is 6.92 Å². The number of aliphatic hydroxyl groups is 1. The van der Waals surface area contributed by atoms with Crippen molar-refractivity contribution in [2.75, 3.05) is 18.2 Å². The van der Waals surface area contributed by atoms with Gasteiger partial charge in [-0.15, -0.1) is 0 Å². The molecule has 0 aliphatic rings. The Kier molecular flexibility index (Phi) is 5.60. The van der Waals surface area contributed by atoms with Gasteiger partial charge >= 0.3 is 0 Å². The number of benzene rings is 1. The van der Waals surface area contributed by atoms with E-state index >= 15 is 0 Å².